The van der Waals surface area contributed by atoms with Crippen LogP contribution >= 0.6 is 0 Å². The minimum absolute atomic E-state index is 0.0698. The minimum atomic E-state index is -0.469. The molecule has 0 saturated heterocycles. The van der Waals surface area contributed by atoms with Crippen molar-refractivity contribution in [1.82, 2.24) is 15.0 Å². The Hall–Kier alpha value is -1.43. The zero-order chi connectivity index (χ0) is 13.1. The van der Waals surface area contributed by atoms with Gasteiger partial charge in [0.25, 0.3) is 0 Å². The Morgan fingerprint density at radius 3 is 2.83 bits per heavy atom. The van der Waals surface area contributed by atoms with E-state index in [-0.39, 0.29) is 11.7 Å². The lowest BCUT2D eigenvalue weighted by atomic mass is 9.92. The topological polar surface area (TPSA) is 77.2 Å². The average Bonchev–Trinajstić information content (AvgIpc) is 2.81. The molecule has 6 heteroatoms. The fraction of sp³-hybridized carbons (Fsp3) is 0.750. The van der Waals surface area contributed by atoms with Crippen LogP contribution in [0.1, 0.15) is 54.8 Å². The summed E-state index contributed by atoms with van der Waals surface area (Å²) in [5.74, 6) is -0.469. The van der Waals surface area contributed by atoms with Crippen LogP contribution in [0.2, 0.25) is 0 Å². The van der Waals surface area contributed by atoms with Crippen molar-refractivity contribution >= 4 is 5.97 Å². The maximum Gasteiger partial charge on any atom is 0.360 e. The summed E-state index contributed by atoms with van der Waals surface area (Å²) in [7, 11) is 1.33. The van der Waals surface area contributed by atoms with Crippen molar-refractivity contribution in [1.29, 1.82) is 0 Å². The number of nitrogens with zero attached hydrogens (tertiary/aromatic N) is 3. The molecule has 18 heavy (non-hydrogen) atoms. The Morgan fingerprint density at radius 1 is 1.50 bits per heavy atom. The van der Waals surface area contributed by atoms with Gasteiger partial charge in [0, 0.05) is 0 Å². The first kappa shape index (κ1) is 13.0. The molecule has 1 aromatic rings. The van der Waals surface area contributed by atoms with Gasteiger partial charge in [-0.25, -0.2) is 9.48 Å². The van der Waals surface area contributed by atoms with Gasteiger partial charge in [0.2, 0.25) is 0 Å². The molecule has 1 aliphatic rings. The highest BCUT2D eigenvalue weighted by Gasteiger charge is 2.29. The molecule has 0 aromatic carbocycles. The fourth-order valence-electron chi connectivity index (χ4n) is 2.54. The number of carbonyl (C=O) groups excluding carboxylic acids is 1. The van der Waals surface area contributed by atoms with Crippen molar-refractivity contribution < 1.29 is 14.6 Å². The molecule has 0 aliphatic heterocycles. The van der Waals surface area contributed by atoms with E-state index >= 15 is 0 Å². The van der Waals surface area contributed by atoms with E-state index in [1.54, 1.807) is 4.68 Å². The Kier molecular flexibility index (Phi) is 3.96. The lowest BCUT2D eigenvalue weighted by Crippen LogP contribution is -2.29. The van der Waals surface area contributed by atoms with Gasteiger partial charge in [-0.1, -0.05) is 25.0 Å². The lowest BCUT2D eigenvalue weighted by molar-refractivity contribution is 0.0588. The largest absolute Gasteiger partial charge is 0.464 e. The van der Waals surface area contributed by atoms with Gasteiger partial charge in [-0.15, -0.1) is 5.10 Å². The van der Waals surface area contributed by atoms with Crippen LogP contribution in [0.25, 0.3) is 0 Å². The monoisotopic (exact) mass is 253 g/mol. The number of aliphatic hydroxyl groups is 1. The second-order valence-electron chi connectivity index (χ2n) is 4.59. The molecule has 2 rings (SSSR count). The first-order valence-corrected chi connectivity index (χ1v) is 6.39. The number of methoxy groups -OCH3 is 1. The summed E-state index contributed by atoms with van der Waals surface area (Å²) in [5.41, 5.74) is 1.01. The van der Waals surface area contributed by atoms with E-state index in [2.05, 4.69) is 15.0 Å². The SMILES string of the molecule is CCc1c(C(=O)OC)nnn1C1CCCCC1O. The standard InChI is InChI=1S/C12H19N3O3/c1-3-8-11(12(17)18-2)13-14-15(8)9-6-4-5-7-10(9)16/h9-10,16H,3-7H2,1-2H3. The van der Waals surface area contributed by atoms with Gasteiger partial charge >= 0.3 is 5.97 Å². The van der Waals surface area contributed by atoms with Crippen molar-refractivity contribution in [3.8, 4) is 0 Å². The molecule has 1 saturated carbocycles. The quantitative estimate of drug-likeness (QED) is 0.816. The Labute approximate surface area is 106 Å². The summed E-state index contributed by atoms with van der Waals surface area (Å²) in [6.07, 6.45) is 3.99. The van der Waals surface area contributed by atoms with Gasteiger partial charge in [0.15, 0.2) is 5.69 Å². The van der Waals surface area contributed by atoms with Crippen LogP contribution in [0.5, 0.6) is 0 Å². The lowest BCUT2D eigenvalue weighted by Gasteiger charge is -2.28. The van der Waals surface area contributed by atoms with E-state index in [4.69, 9.17) is 0 Å². The molecule has 1 N–H and O–H groups in total. The van der Waals surface area contributed by atoms with Crippen molar-refractivity contribution in [2.75, 3.05) is 7.11 Å². The summed E-state index contributed by atoms with van der Waals surface area (Å²) >= 11 is 0. The minimum Gasteiger partial charge on any atom is -0.464 e. The molecular formula is C12H19N3O3. The van der Waals surface area contributed by atoms with Gasteiger partial charge in [0.05, 0.1) is 24.9 Å². The first-order chi connectivity index (χ1) is 8.69. The van der Waals surface area contributed by atoms with E-state index in [1.807, 2.05) is 6.92 Å². The molecule has 1 fully saturated rings. The fourth-order valence-corrected chi connectivity index (χ4v) is 2.54. The van der Waals surface area contributed by atoms with Gasteiger partial charge in [-0.2, -0.15) is 0 Å². The van der Waals surface area contributed by atoms with Crippen LogP contribution in [0.4, 0.5) is 0 Å². The predicted octanol–water partition coefficient (Wildman–Crippen LogP) is 1.10. The second-order valence-corrected chi connectivity index (χ2v) is 4.59. The van der Waals surface area contributed by atoms with Crippen LogP contribution in [-0.2, 0) is 11.2 Å². The smallest absolute Gasteiger partial charge is 0.360 e. The third-order valence-electron chi connectivity index (χ3n) is 3.51. The normalized spacial score (nSPS) is 23.9. The third kappa shape index (κ3) is 2.25. The van der Waals surface area contributed by atoms with Crippen LogP contribution in [-0.4, -0.2) is 39.3 Å². The van der Waals surface area contributed by atoms with E-state index in [1.165, 1.54) is 7.11 Å². The number of hydrogen-bond donors (Lipinski definition) is 1. The molecule has 2 unspecified atom stereocenters. The zero-order valence-corrected chi connectivity index (χ0v) is 10.8. The molecule has 6 nitrogen and oxygen atoms in total. The number of hydrogen-bond acceptors (Lipinski definition) is 5. The average molecular weight is 253 g/mol. The first-order valence-electron chi connectivity index (χ1n) is 6.39. The Bertz CT molecular complexity index is 430. The third-order valence-corrected chi connectivity index (χ3v) is 3.51. The summed E-state index contributed by atoms with van der Waals surface area (Å²) in [5, 5.41) is 18.0. The van der Waals surface area contributed by atoms with Crippen molar-refractivity contribution in [2.45, 2.75) is 51.2 Å². The predicted molar refractivity (Wildman–Crippen MR) is 64.3 cm³/mol. The Morgan fingerprint density at radius 2 is 2.22 bits per heavy atom. The number of carbonyl (C=O) groups is 1. The molecule has 0 bridgehead atoms. The van der Waals surface area contributed by atoms with Gasteiger partial charge < -0.3 is 9.84 Å². The highest BCUT2D eigenvalue weighted by molar-refractivity contribution is 5.88. The van der Waals surface area contributed by atoms with Crippen LogP contribution < -0.4 is 0 Å². The van der Waals surface area contributed by atoms with E-state index in [9.17, 15) is 9.90 Å². The van der Waals surface area contributed by atoms with Crippen molar-refractivity contribution in [3.63, 3.8) is 0 Å². The molecule has 0 amide bonds. The van der Waals surface area contributed by atoms with Crippen molar-refractivity contribution in [2.24, 2.45) is 0 Å². The molecule has 1 aliphatic carbocycles. The molecule has 0 radical (unpaired) electrons. The van der Waals surface area contributed by atoms with Gasteiger partial charge in [-0.05, 0) is 19.3 Å². The van der Waals surface area contributed by atoms with Crippen molar-refractivity contribution in [3.05, 3.63) is 11.4 Å². The highest BCUT2D eigenvalue weighted by Crippen LogP contribution is 2.29. The molecule has 1 aromatic heterocycles. The van der Waals surface area contributed by atoms with E-state index < -0.39 is 12.1 Å². The van der Waals surface area contributed by atoms with E-state index in [0.717, 1.165) is 31.4 Å². The maximum atomic E-state index is 11.6. The highest BCUT2D eigenvalue weighted by atomic mass is 16.5. The number of ether oxygens (including phenoxy) is 1. The zero-order valence-electron chi connectivity index (χ0n) is 10.8. The summed E-state index contributed by atoms with van der Waals surface area (Å²) in [6, 6.07) is -0.0698. The van der Waals surface area contributed by atoms with Crippen LogP contribution in [0.3, 0.4) is 0 Å². The number of aliphatic hydroxyl groups excluding tert-OH is 1. The molecule has 2 atom stereocenters. The van der Waals surface area contributed by atoms with Crippen LogP contribution in [0.15, 0.2) is 0 Å². The summed E-state index contributed by atoms with van der Waals surface area (Å²) in [6.45, 7) is 1.94. The van der Waals surface area contributed by atoms with E-state index in [0.29, 0.717) is 6.42 Å². The molecule has 100 valence electrons. The number of esters is 1. The molecule has 0 spiro atoms. The summed E-state index contributed by atoms with van der Waals surface area (Å²) in [4.78, 5) is 11.6. The number of rotatable bonds is 3. The summed E-state index contributed by atoms with van der Waals surface area (Å²) < 4.78 is 6.39. The molecule has 1 heterocycles. The van der Waals surface area contributed by atoms with Crippen LogP contribution in [0, 0.1) is 0 Å². The Balaban J connectivity index is 2.32. The second kappa shape index (κ2) is 5.48. The molecular weight excluding hydrogens is 234 g/mol. The van der Waals surface area contributed by atoms with Gasteiger partial charge in [0.1, 0.15) is 0 Å². The number of aromatic nitrogens is 3. The van der Waals surface area contributed by atoms with Gasteiger partial charge in [-0.3, -0.25) is 0 Å². The maximum absolute atomic E-state index is 11.6.